The van der Waals surface area contributed by atoms with E-state index in [1.807, 2.05) is 0 Å². The Balaban J connectivity index is 2.73. The Morgan fingerprint density at radius 2 is 1.70 bits per heavy atom. The van der Waals surface area contributed by atoms with Crippen molar-refractivity contribution in [3.05, 3.63) is 0 Å². The Hall–Kier alpha value is -1.20. The smallest absolute Gasteiger partial charge is 0.218 e. The Bertz CT molecular complexity index is 198. The zero-order valence-electron chi connectivity index (χ0n) is 4.63. The molecule has 54 valence electrons. The average molecular weight is 149 g/mol. The molecule has 0 aromatic heterocycles. The van der Waals surface area contributed by atoms with E-state index in [1.54, 1.807) is 0 Å². The van der Waals surface area contributed by atoms with Crippen LogP contribution in [0.5, 0.6) is 0 Å². The van der Waals surface area contributed by atoms with Crippen molar-refractivity contribution < 1.29 is 13.2 Å². The van der Waals surface area contributed by atoms with Gasteiger partial charge in [0.2, 0.25) is 0 Å². The lowest BCUT2D eigenvalue weighted by atomic mass is 10.9. The molecule has 1 aliphatic heterocycles. The molecule has 0 aliphatic carbocycles. The number of hydrogen-bond donors (Lipinski definition) is 0. The number of hydrogen-bond acceptors (Lipinski definition) is 1. The molecule has 1 rings (SSSR count). The highest BCUT2D eigenvalue weighted by atomic mass is 19.4. The number of aliphatic imine (C=N–C) groups is 3. The predicted molar refractivity (Wildman–Crippen MR) is 30.5 cm³/mol. The maximum absolute atomic E-state index is 11.4. The van der Waals surface area contributed by atoms with Crippen molar-refractivity contribution in [1.82, 2.24) is 0 Å². The maximum atomic E-state index is 11.4. The lowest BCUT2D eigenvalue weighted by molar-refractivity contribution is -0.119. The molecule has 10 heavy (non-hydrogen) atoms. The summed E-state index contributed by atoms with van der Waals surface area (Å²) in [5.41, 5.74) is 0. The second-order valence-electron chi connectivity index (χ2n) is 1.44. The molecule has 0 spiro atoms. The van der Waals surface area contributed by atoms with Crippen molar-refractivity contribution in [1.29, 1.82) is 0 Å². The van der Waals surface area contributed by atoms with Crippen LogP contribution in [0.2, 0.25) is 0 Å². The third-order valence-corrected chi connectivity index (χ3v) is 0.673. The van der Waals surface area contributed by atoms with Gasteiger partial charge < -0.3 is 0 Å². The summed E-state index contributed by atoms with van der Waals surface area (Å²) in [4.78, 5) is 8.64. The molecule has 3 nitrogen and oxygen atoms in total. The van der Waals surface area contributed by atoms with E-state index in [1.165, 1.54) is 0 Å². The zero-order valence-corrected chi connectivity index (χ0v) is 4.63. The summed E-state index contributed by atoms with van der Waals surface area (Å²) in [5, 5.41) is 0. The first-order valence-electron chi connectivity index (χ1n) is 2.31. The summed E-state index contributed by atoms with van der Waals surface area (Å²) in [6.45, 7) is 0. The summed E-state index contributed by atoms with van der Waals surface area (Å²) < 4.78 is 34.1. The van der Waals surface area contributed by atoms with Crippen LogP contribution in [0.15, 0.2) is 15.0 Å². The van der Waals surface area contributed by atoms with E-state index in [0.29, 0.717) is 0 Å². The molecule has 0 aromatic carbocycles. The molecule has 6 heteroatoms. The number of rotatable bonds is 0. The van der Waals surface area contributed by atoms with Crippen molar-refractivity contribution in [2.24, 2.45) is 15.0 Å². The first-order chi connectivity index (χ1) is 4.58. The second-order valence-corrected chi connectivity index (χ2v) is 1.44. The van der Waals surface area contributed by atoms with Crippen LogP contribution in [0.3, 0.4) is 0 Å². The van der Waals surface area contributed by atoms with Gasteiger partial charge in [-0.15, -0.1) is 18.2 Å². The Kier molecular flexibility index (Phi) is 1.52. The number of alkyl halides is 3. The number of halogens is 3. The van der Waals surface area contributed by atoms with E-state index >= 15 is 0 Å². The second kappa shape index (κ2) is 2.20. The van der Waals surface area contributed by atoms with Gasteiger partial charge in [0.05, 0.1) is 0 Å². The molecule has 0 N–H and O–H groups in total. The minimum atomic E-state index is -4.58. The molecular weight excluding hydrogens is 147 g/mol. The van der Waals surface area contributed by atoms with E-state index in [0.717, 1.165) is 12.4 Å². The van der Waals surface area contributed by atoms with E-state index in [2.05, 4.69) is 15.0 Å². The van der Waals surface area contributed by atoms with E-state index in [9.17, 15) is 13.2 Å². The van der Waals surface area contributed by atoms with Crippen LogP contribution in [-0.4, -0.2) is 24.7 Å². The predicted octanol–water partition coefficient (Wildman–Crippen LogP) is 1.02. The molecule has 1 aliphatic rings. The van der Waals surface area contributed by atoms with Crippen molar-refractivity contribution in [2.45, 2.75) is 6.30 Å². The minimum absolute atomic E-state index is 0.549. The number of nitrogens with zero attached hydrogens (tertiary/aromatic N) is 3. The van der Waals surface area contributed by atoms with E-state index in [4.69, 9.17) is 0 Å². The molecule has 1 heterocycles. The quantitative estimate of drug-likeness (QED) is 0.461. The fourth-order valence-electron chi connectivity index (χ4n) is 0.404. The largest absolute Gasteiger partial charge is 0.506 e. The van der Waals surface area contributed by atoms with E-state index in [-0.39, 0.29) is 0 Å². The van der Waals surface area contributed by atoms with Gasteiger partial charge in [-0.3, -0.25) is 0 Å². The standard InChI is InChI=1S/C4H2F3N3/c5-4(6,7)10-3-8-1-2-9-3/h1-2H. The van der Waals surface area contributed by atoms with Gasteiger partial charge in [0.1, 0.15) is 0 Å². The topological polar surface area (TPSA) is 37.1 Å². The van der Waals surface area contributed by atoms with Gasteiger partial charge >= 0.3 is 6.30 Å². The Labute approximate surface area is 54.0 Å². The minimum Gasteiger partial charge on any atom is -0.218 e. The lowest BCUT2D eigenvalue weighted by Gasteiger charge is -1.95. The summed E-state index contributed by atoms with van der Waals surface area (Å²) >= 11 is 0. The molecule has 0 bridgehead atoms. The van der Waals surface area contributed by atoms with Gasteiger partial charge in [-0.2, -0.15) is 0 Å². The molecule has 0 aromatic rings. The van der Waals surface area contributed by atoms with Crippen molar-refractivity contribution in [2.75, 3.05) is 0 Å². The Morgan fingerprint density at radius 1 is 1.20 bits per heavy atom. The van der Waals surface area contributed by atoms with Crippen LogP contribution in [0.25, 0.3) is 0 Å². The molecule has 0 unspecified atom stereocenters. The van der Waals surface area contributed by atoms with Gasteiger partial charge in [0, 0.05) is 12.4 Å². The summed E-state index contributed by atoms with van der Waals surface area (Å²) in [7, 11) is 0. The van der Waals surface area contributed by atoms with Crippen molar-refractivity contribution in [3.63, 3.8) is 0 Å². The van der Waals surface area contributed by atoms with Gasteiger partial charge in [0.25, 0.3) is 5.96 Å². The van der Waals surface area contributed by atoms with Crippen LogP contribution in [0.1, 0.15) is 0 Å². The van der Waals surface area contributed by atoms with E-state index < -0.39 is 12.3 Å². The molecule has 0 saturated heterocycles. The summed E-state index contributed by atoms with van der Waals surface area (Å²) in [6.07, 6.45) is -2.29. The fraction of sp³-hybridized carbons (Fsp3) is 0.250. The van der Waals surface area contributed by atoms with Crippen LogP contribution < -0.4 is 0 Å². The van der Waals surface area contributed by atoms with Gasteiger partial charge in [0.15, 0.2) is 0 Å². The summed E-state index contributed by atoms with van der Waals surface area (Å²) in [6, 6.07) is 0. The summed E-state index contributed by atoms with van der Waals surface area (Å²) in [5.74, 6) is -0.549. The molecule has 0 atom stereocenters. The third kappa shape index (κ3) is 1.96. The monoisotopic (exact) mass is 149 g/mol. The van der Waals surface area contributed by atoms with Gasteiger partial charge in [-0.1, -0.05) is 0 Å². The molecule has 0 saturated carbocycles. The highest BCUT2D eigenvalue weighted by molar-refractivity contribution is 6.26. The first-order valence-corrected chi connectivity index (χ1v) is 2.31. The van der Waals surface area contributed by atoms with Crippen molar-refractivity contribution >= 4 is 18.4 Å². The Morgan fingerprint density at radius 3 is 2.10 bits per heavy atom. The fourth-order valence-corrected chi connectivity index (χ4v) is 0.404. The highest BCUT2D eigenvalue weighted by Crippen LogP contribution is 2.16. The first kappa shape index (κ1) is 6.91. The molecule has 0 amide bonds. The SMILES string of the molecule is FC(F)(F)N=C1N=CC=N1. The van der Waals surface area contributed by atoms with Gasteiger partial charge in [-0.25, -0.2) is 9.98 Å². The van der Waals surface area contributed by atoms with Gasteiger partial charge in [-0.05, 0) is 0 Å². The molecule has 0 radical (unpaired) electrons. The average Bonchev–Trinajstić information content (AvgIpc) is 2.12. The third-order valence-electron chi connectivity index (χ3n) is 0.673. The van der Waals surface area contributed by atoms with Crippen LogP contribution in [0.4, 0.5) is 13.2 Å². The maximum Gasteiger partial charge on any atom is 0.506 e. The van der Waals surface area contributed by atoms with Crippen LogP contribution >= 0.6 is 0 Å². The lowest BCUT2D eigenvalue weighted by Crippen LogP contribution is -2.05. The highest BCUT2D eigenvalue weighted by Gasteiger charge is 2.27. The number of guanidine groups is 1. The zero-order chi connectivity index (χ0) is 7.61. The molecule has 0 fully saturated rings. The normalized spacial score (nSPS) is 16.5. The molecular formula is C4H2F3N3. The van der Waals surface area contributed by atoms with Crippen LogP contribution in [0, 0.1) is 0 Å². The van der Waals surface area contributed by atoms with Crippen LogP contribution in [-0.2, 0) is 0 Å². The van der Waals surface area contributed by atoms with Crippen molar-refractivity contribution in [3.8, 4) is 0 Å².